The van der Waals surface area contributed by atoms with Crippen LogP contribution in [0.4, 0.5) is 0 Å². The number of hydrogen-bond acceptors (Lipinski definition) is 6. The molecule has 6 heteroatoms. The van der Waals surface area contributed by atoms with Crippen molar-refractivity contribution < 1.29 is 28.6 Å². The van der Waals surface area contributed by atoms with E-state index in [0.29, 0.717) is 19.3 Å². The number of esters is 3. The third-order valence-electron chi connectivity index (χ3n) is 16.3. The fraction of sp³-hybridized carbons (Fsp3) is 0.853. The predicted octanol–water partition coefficient (Wildman–Crippen LogP) is 24.9. The molecule has 0 amide bonds. The highest BCUT2D eigenvalue weighted by molar-refractivity contribution is 5.71. The van der Waals surface area contributed by atoms with Crippen molar-refractivity contribution in [1.82, 2.24) is 0 Å². The van der Waals surface area contributed by atoms with Gasteiger partial charge in [-0.2, -0.15) is 0 Å². The lowest BCUT2D eigenvalue weighted by atomic mass is 10.0. The highest BCUT2D eigenvalue weighted by atomic mass is 16.6. The van der Waals surface area contributed by atoms with Crippen LogP contribution >= 0.6 is 0 Å². The molecule has 0 rings (SSSR count). The lowest BCUT2D eigenvalue weighted by Gasteiger charge is -2.18. The monoisotopic (exact) mass is 1140 g/mol. The molecule has 0 bridgehead atoms. The molecule has 6 nitrogen and oxygen atoms in total. The summed E-state index contributed by atoms with van der Waals surface area (Å²) in [6.07, 6.45) is 88.7. The van der Waals surface area contributed by atoms with E-state index in [1.54, 1.807) is 0 Å². The second kappa shape index (κ2) is 69.9. The quantitative estimate of drug-likeness (QED) is 0.0261. The molecule has 0 heterocycles. The van der Waals surface area contributed by atoms with Crippen molar-refractivity contribution in [2.24, 2.45) is 0 Å². The number of carbonyl (C=O) groups is 3. The minimum absolute atomic E-state index is 0.0721. The molecule has 0 radical (unpaired) electrons. The Morgan fingerprint density at radius 3 is 0.728 bits per heavy atom. The molecule has 0 aromatic carbocycles. The highest BCUT2D eigenvalue weighted by Gasteiger charge is 2.19. The van der Waals surface area contributed by atoms with Crippen molar-refractivity contribution in [2.75, 3.05) is 13.2 Å². The van der Waals surface area contributed by atoms with Crippen LogP contribution in [0.5, 0.6) is 0 Å². The van der Waals surface area contributed by atoms with Gasteiger partial charge < -0.3 is 14.2 Å². The Labute approximate surface area is 505 Å². The van der Waals surface area contributed by atoms with Crippen molar-refractivity contribution in [1.29, 1.82) is 0 Å². The largest absolute Gasteiger partial charge is 0.462 e. The lowest BCUT2D eigenvalue weighted by Crippen LogP contribution is -2.30. The Morgan fingerprint density at radius 2 is 0.469 bits per heavy atom. The van der Waals surface area contributed by atoms with Crippen LogP contribution in [0.2, 0.25) is 0 Å². The summed E-state index contributed by atoms with van der Waals surface area (Å²) in [6, 6.07) is 0. The summed E-state index contributed by atoms with van der Waals surface area (Å²) < 4.78 is 17.0. The fourth-order valence-electron chi connectivity index (χ4n) is 10.9. The van der Waals surface area contributed by atoms with E-state index in [-0.39, 0.29) is 31.1 Å². The molecule has 0 aromatic heterocycles. The summed E-state index contributed by atoms with van der Waals surface area (Å²) in [7, 11) is 0. The SMILES string of the molecule is CCC/C=C\C/C=C\CCCCCCCC(=O)OCC(COC(=O)CCCCCCCCCCCCCCCCCCCCC/C=C\C/C=C\CCCCCCC)OC(=O)CCCCCCCCCCCCCCCCCCCCC. The molecule has 1 unspecified atom stereocenters. The summed E-state index contributed by atoms with van der Waals surface area (Å²) in [5.41, 5.74) is 0. The summed E-state index contributed by atoms with van der Waals surface area (Å²) in [6.45, 7) is 6.62. The van der Waals surface area contributed by atoms with E-state index >= 15 is 0 Å². The van der Waals surface area contributed by atoms with Gasteiger partial charge in [-0.3, -0.25) is 14.4 Å². The van der Waals surface area contributed by atoms with E-state index in [1.165, 1.54) is 263 Å². The van der Waals surface area contributed by atoms with Gasteiger partial charge in [0.05, 0.1) is 0 Å². The van der Waals surface area contributed by atoms with Crippen LogP contribution in [-0.2, 0) is 28.6 Å². The second-order valence-corrected chi connectivity index (χ2v) is 24.5. The molecule has 474 valence electrons. The highest BCUT2D eigenvalue weighted by Crippen LogP contribution is 2.19. The van der Waals surface area contributed by atoms with Gasteiger partial charge in [-0.1, -0.05) is 345 Å². The molecule has 0 aliphatic rings. The molecule has 0 aliphatic heterocycles. The van der Waals surface area contributed by atoms with Crippen LogP contribution in [0.1, 0.15) is 393 Å². The van der Waals surface area contributed by atoms with Gasteiger partial charge in [0.25, 0.3) is 0 Å². The van der Waals surface area contributed by atoms with E-state index in [4.69, 9.17) is 14.2 Å². The molecule has 0 fully saturated rings. The van der Waals surface area contributed by atoms with Gasteiger partial charge >= 0.3 is 17.9 Å². The lowest BCUT2D eigenvalue weighted by molar-refractivity contribution is -0.167. The molecule has 81 heavy (non-hydrogen) atoms. The summed E-state index contributed by atoms with van der Waals surface area (Å²) in [5.74, 6) is -0.859. The molecule has 0 aliphatic carbocycles. The van der Waals surface area contributed by atoms with Gasteiger partial charge in [-0.15, -0.1) is 0 Å². The molecular formula is C75H138O6. The maximum Gasteiger partial charge on any atom is 0.306 e. The number of ether oxygens (including phenoxy) is 3. The van der Waals surface area contributed by atoms with Crippen LogP contribution in [0.3, 0.4) is 0 Å². The molecule has 0 N–H and O–H groups in total. The van der Waals surface area contributed by atoms with E-state index in [2.05, 4.69) is 69.4 Å². The minimum Gasteiger partial charge on any atom is -0.462 e. The van der Waals surface area contributed by atoms with Gasteiger partial charge in [0, 0.05) is 19.3 Å². The zero-order valence-corrected chi connectivity index (χ0v) is 54.6. The first-order valence-corrected chi connectivity index (χ1v) is 36.1. The number of unbranched alkanes of at least 4 members (excludes halogenated alkanes) is 48. The Bertz CT molecular complexity index is 1400. The van der Waals surface area contributed by atoms with E-state index < -0.39 is 6.10 Å². The first-order valence-electron chi connectivity index (χ1n) is 36.1. The average Bonchev–Trinajstić information content (AvgIpc) is 3.46. The van der Waals surface area contributed by atoms with Crippen LogP contribution in [-0.4, -0.2) is 37.2 Å². The van der Waals surface area contributed by atoms with Crippen molar-refractivity contribution in [3.8, 4) is 0 Å². The Hall–Kier alpha value is -2.63. The Morgan fingerprint density at radius 1 is 0.247 bits per heavy atom. The van der Waals surface area contributed by atoms with Crippen LogP contribution in [0.15, 0.2) is 48.6 Å². The normalized spacial score (nSPS) is 12.3. The van der Waals surface area contributed by atoms with Gasteiger partial charge in [0.1, 0.15) is 13.2 Å². The van der Waals surface area contributed by atoms with Gasteiger partial charge in [-0.25, -0.2) is 0 Å². The number of carbonyl (C=O) groups excluding carboxylic acids is 3. The number of allylic oxidation sites excluding steroid dienone is 8. The molecule has 0 saturated carbocycles. The summed E-state index contributed by atoms with van der Waals surface area (Å²) >= 11 is 0. The predicted molar refractivity (Wildman–Crippen MR) is 353 cm³/mol. The first-order chi connectivity index (χ1) is 40.0. The maximum atomic E-state index is 12.9. The van der Waals surface area contributed by atoms with Gasteiger partial charge in [0.15, 0.2) is 6.10 Å². The molecule has 0 aromatic rings. The summed E-state index contributed by atoms with van der Waals surface area (Å²) in [5, 5.41) is 0. The zero-order chi connectivity index (χ0) is 58.5. The van der Waals surface area contributed by atoms with E-state index in [1.807, 2.05) is 0 Å². The van der Waals surface area contributed by atoms with Crippen molar-refractivity contribution in [3.63, 3.8) is 0 Å². The van der Waals surface area contributed by atoms with E-state index in [9.17, 15) is 14.4 Å². The van der Waals surface area contributed by atoms with Crippen molar-refractivity contribution >= 4 is 17.9 Å². The van der Waals surface area contributed by atoms with Crippen LogP contribution in [0.25, 0.3) is 0 Å². The Kier molecular flexibility index (Phi) is 67.6. The third-order valence-corrected chi connectivity index (χ3v) is 16.3. The minimum atomic E-state index is -0.776. The maximum absolute atomic E-state index is 12.9. The standard InChI is InChI=1S/C75H138O6/c1-4-7-10-13-16-19-22-25-27-29-31-32-33-34-35-36-37-38-39-40-41-42-44-45-47-50-53-56-59-62-65-68-74(77)80-71-72(70-79-73(76)67-64-61-58-55-52-49-24-21-18-15-12-9-6-3)81-75(78)69-66-63-60-57-54-51-48-46-43-30-28-26-23-20-17-14-11-8-5-2/h12,15,21-22,24-25,29,31,72H,4-11,13-14,16-20,23,26-28,30,32-71H2,1-3H3/b15-12-,24-21-,25-22-,31-29-. The number of hydrogen-bond donors (Lipinski definition) is 0. The third kappa shape index (κ3) is 68.0. The molecule has 0 saturated heterocycles. The molecule has 0 spiro atoms. The van der Waals surface area contributed by atoms with Crippen LogP contribution < -0.4 is 0 Å². The topological polar surface area (TPSA) is 78.9 Å². The second-order valence-electron chi connectivity index (χ2n) is 24.5. The smallest absolute Gasteiger partial charge is 0.306 e. The molecule has 1 atom stereocenters. The zero-order valence-electron chi connectivity index (χ0n) is 54.6. The first kappa shape index (κ1) is 78.4. The van der Waals surface area contributed by atoms with Crippen LogP contribution in [0, 0.1) is 0 Å². The van der Waals surface area contributed by atoms with Crippen molar-refractivity contribution in [2.45, 2.75) is 399 Å². The average molecular weight is 1140 g/mol. The summed E-state index contributed by atoms with van der Waals surface area (Å²) in [4.78, 5) is 38.4. The van der Waals surface area contributed by atoms with E-state index in [0.717, 1.165) is 89.9 Å². The van der Waals surface area contributed by atoms with Gasteiger partial charge in [-0.05, 0) is 77.0 Å². The molecular weight excluding hydrogens is 997 g/mol. The fourth-order valence-corrected chi connectivity index (χ4v) is 10.9. The van der Waals surface area contributed by atoms with Crippen molar-refractivity contribution in [3.05, 3.63) is 48.6 Å². The van der Waals surface area contributed by atoms with Gasteiger partial charge in [0.2, 0.25) is 0 Å². The Balaban J connectivity index is 4.16. The number of rotatable bonds is 67.